The summed E-state index contributed by atoms with van der Waals surface area (Å²) in [6.45, 7) is 0. The molecule has 2 nitrogen and oxygen atoms in total. The molecule has 0 spiro atoms. The van der Waals surface area contributed by atoms with Gasteiger partial charge in [-0.3, -0.25) is 4.98 Å². The largest absolute Gasteiger partial charge is 0.327 e. The average molecular weight is 236 g/mol. The van der Waals surface area contributed by atoms with Gasteiger partial charge in [0.05, 0.1) is 5.51 Å². The summed E-state index contributed by atoms with van der Waals surface area (Å²) in [5, 5.41) is 0. The van der Waals surface area contributed by atoms with Gasteiger partial charge >= 0.3 is 0 Å². The molecule has 1 heterocycles. The van der Waals surface area contributed by atoms with E-state index in [-0.39, 0.29) is 11.9 Å². The van der Waals surface area contributed by atoms with Crippen LogP contribution in [0.4, 0.5) is 4.39 Å². The van der Waals surface area contributed by atoms with Crippen LogP contribution >= 0.6 is 11.3 Å². The highest BCUT2D eigenvalue weighted by molar-refractivity contribution is 7.09. The van der Waals surface area contributed by atoms with Crippen molar-refractivity contribution in [3.63, 3.8) is 0 Å². The van der Waals surface area contributed by atoms with Crippen LogP contribution in [-0.2, 0) is 12.8 Å². The van der Waals surface area contributed by atoms with Crippen molar-refractivity contribution in [3.05, 3.63) is 52.2 Å². The minimum absolute atomic E-state index is 0.0580. The molecule has 0 saturated heterocycles. The lowest BCUT2D eigenvalue weighted by atomic mass is 10.0. The molecule has 2 rings (SSSR count). The van der Waals surface area contributed by atoms with Crippen LogP contribution in [0, 0.1) is 5.82 Å². The van der Waals surface area contributed by atoms with Gasteiger partial charge in [0.2, 0.25) is 0 Å². The summed E-state index contributed by atoms with van der Waals surface area (Å²) in [6, 6.07) is 6.71. The van der Waals surface area contributed by atoms with Gasteiger partial charge < -0.3 is 5.73 Å². The fraction of sp³-hybridized carbons (Fsp3) is 0.250. The lowest BCUT2D eigenvalue weighted by molar-refractivity contribution is 0.585. The zero-order valence-corrected chi connectivity index (χ0v) is 9.58. The van der Waals surface area contributed by atoms with Gasteiger partial charge in [-0.1, -0.05) is 18.2 Å². The molecule has 84 valence electrons. The van der Waals surface area contributed by atoms with E-state index in [4.69, 9.17) is 5.73 Å². The van der Waals surface area contributed by atoms with Gasteiger partial charge in [-0.25, -0.2) is 4.39 Å². The number of benzene rings is 1. The Bertz CT molecular complexity index is 442. The van der Waals surface area contributed by atoms with E-state index in [1.807, 2.05) is 12.3 Å². The number of hydrogen-bond donors (Lipinski definition) is 1. The van der Waals surface area contributed by atoms with Crippen LogP contribution in [-0.4, -0.2) is 11.0 Å². The number of hydrogen-bond acceptors (Lipinski definition) is 3. The van der Waals surface area contributed by atoms with E-state index >= 15 is 0 Å². The molecule has 1 atom stereocenters. The van der Waals surface area contributed by atoms with Crippen molar-refractivity contribution < 1.29 is 4.39 Å². The number of nitrogens with zero attached hydrogens (tertiary/aromatic N) is 1. The summed E-state index contributed by atoms with van der Waals surface area (Å²) >= 11 is 1.58. The quantitative estimate of drug-likeness (QED) is 0.885. The van der Waals surface area contributed by atoms with Crippen LogP contribution in [0.15, 0.2) is 36.0 Å². The monoisotopic (exact) mass is 236 g/mol. The highest BCUT2D eigenvalue weighted by atomic mass is 32.1. The molecule has 1 aromatic heterocycles. The fourth-order valence-corrected chi connectivity index (χ4v) is 2.31. The molecule has 0 saturated carbocycles. The van der Waals surface area contributed by atoms with E-state index in [1.165, 1.54) is 6.07 Å². The zero-order chi connectivity index (χ0) is 11.4. The van der Waals surface area contributed by atoms with E-state index < -0.39 is 0 Å². The van der Waals surface area contributed by atoms with Crippen LogP contribution in [0.3, 0.4) is 0 Å². The van der Waals surface area contributed by atoms with Crippen molar-refractivity contribution in [3.8, 4) is 0 Å². The van der Waals surface area contributed by atoms with E-state index in [9.17, 15) is 4.39 Å². The van der Waals surface area contributed by atoms with Crippen LogP contribution in [0.25, 0.3) is 0 Å². The topological polar surface area (TPSA) is 38.9 Å². The molecule has 2 N–H and O–H groups in total. The molecular formula is C12H13FN2S. The van der Waals surface area contributed by atoms with Crippen LogP contribution in [0.2, 0.25) is 0 Å². The van der Waals surface area contributed by atoms with E-state index in [2.05, 4.69) is 4.98 Å². The first-order valence-corrected chi connectivity index (χ1v) is 6.00. The van der Waals surface area contributed by atoms with Crippen molar-refractivity contribution in [2.75, 3.05) is 0 Å². The Labute approximate surface area is 97.9 Å². The molecular weight excluding hydrogens is 223 g/mol. The van der Waals surface area contributed by atoms with Crippen molar-refractivity contribution in [2.45, 2.75) is 18.9 Å². The fourth-order valence-electron chi connectivity index (χ4n) is 1.62. The third-order valence-corrected chi connectivity index (χ3v) is 3.19. The Morgan fingerprint density at radius 2 is 2.12 bits per heavy atom. The van der Waals surface area contributed by atoms with Gasteiger partial charge in [0.25, 0.3) is 0 Å². The lowest BCUT2D eigenvalue weighted by Crippen LogP contribution is -2.25. The molecule has 0 aliphatic heterocycles. The first-order chi connectivity index (χ1) is 7.75. The maximum atomic E-state index is 13.4. The van der Waals surface area contributed by atoms with E-state index in [0.717, 1.165) is 11.3 Å². The van der Waals surface area contributed by atoms with E-state index in [1.54, 1.807) is 29.0 Å². The summed E-state index contributed by atoms with van der Waals surface area (Å²) in [5.41, 5.74) is 8.44. The van der Waals surface area contributed by atoms with Crippen LogP contribution < -0.4 is 5.73 Å². The Morgan fingerprint density at radius 1 is 1.31 bits per heavy atom. The van der Waals surface area contributed by atoms with Crippen molar-refractivity contribution in [1.82, 2.24) is 4.98 Å². The van der Waals surface area contributed by atoms with Crippen molar-refractivity contribution in [1.29, 1.82) is 0 Å². The first kappa shape index (κ1) is 11.2. The van der Waals surface area contributed by atoms with Crippen LogP contribution in [0.5, 0.6) is 0 Å². The average Bonchev–Trinajstić information content (AvgIpc) is 2.74. The third kappa shape index (κ3) is 2.87. The maximum Gasteiger partial charge on any atom is 0.126 e. The maximum absolute atomic E-state index is 13.4. The Morgan fingerprint density at radius 3 is 2.81 bits per heavy atom. The molecule has 0 amide bonds. The Hall–Kier alpha value is -1.26. The Balaban J connectivity index is 1.97. The SMILES string of the molecule is NC(Cc1cncs1)Cc1ccccc1F. The van der Waals surface area contributed by atoms with Gasteiger partial charge in [0, 0.05) is 17.1 Å². The highest BCUT2D eigenvalue weighted by Crippen LogP contribution is 2.13. The van der Waals surface area contributed by atoms with Gasteiger partial charge in [0.1, 0.15) is 5.82 Å². The number of halogens is 1. The Kier molecular flexibility index (Phi) is 3.64. The van der Waals surface area contributed by atoms with Gasteiger partial charge in [-0.05, 0) is 24.5 Å². The van der Waals surface area contributed by atoms with Gasteiger partial charge in [0.15, 0.2) is 0 Å². The molecule has 1 aromatic carbocycles. The molecule has 16 heavy (non-hydrogen) atoms. The minimum Gasteiger partial charge on any atom is -0.327 e. The summed E-state index contributed by atoms with van der Waals surface area (Å²) < 4.78 is 13.4. The number of nitrogens with two attached hydrogens (primary N) is 1. The second-order valence-electron chi connectivity index (χ2n) is 3.73. The standard InChI is InChI=1S/C12H13FN2S/c13-12-4-2-1-3-9(12)5-10(14)6-11-7-15-8-16-11/h1-4,7-8,10H,5-6,14H2. The predicted molar refractivity (Wildman–Crippen MR) is 63.9 cm³/mol. The third-order valence-electron chi connectivity index (χ3n) is 2.39. The highest BCUT2D eigenvalue weighted by Gasteiger charge is 2.09. The summed E-state index contributed by atoms with van der Waals surface area (Å²) in [6.07, 6.45) is 3.12. The predicted octanol–water partition coefficient (Wildman–Crippen LogP) is 2.39. The molecule has 2 aromatic rings. The number of rotatable bonds is 4. The van der Waals surface area contributed by atoms with E-state index in [0.29, 0.717) is 12.0 Å². The number of thiazole rings is 1. The second-order valence-corrected chi connectivity index (χ2v) is 4.70. The molecule has 0 radical (unpaired) electrons. The molecule has 0 aliphatic rings. The molecule has 0 aliphatic carbocycles. The van der Waals surface area contributed by atoms with Crippen LogP contribution in [0.1, 0.15) is 10.4 Å². The number of aromatic nitrogens is 1. The smallest absolute Gasteiger partial charge is 0.126 e. The summed E-state index contributed by atoms with van der Waals surface area (Å²) in [7, 11) is 0. The normalized spacial score (nSPS) is 12.6. The molecule has 4 heteroatoms. The molecule has 1 unspecified atom stereocenters. The van der Waals surface area contributed by atoms with Gasteiger partial charge in [-0.15, -0.1) is 11.3 Å². The molecule has 0 bridgehead atoms. The summed E-state index contributed by atoms with van der Waals surface area (Å²) in [5.74, 6) is -0.178. The molecule has 0 fully saturated rings. The van der Waals surface area contributed by atoms with Gasteiger partial charge in [-0.2, -0.15) is 0 Å². The zero-order valence-electron chi connectivity index (χ0n) is 8.77. The van der Waals surface area contributed by atoms with Crippen molar-refractivity contribution >= 4 is 11.3 Å². The summed E-state index contributed by atoms with van der Waals surface area (Å²) in [4.78, 5) is 5.13. The first-order valence-electron chi connectivity index (χ1n) is 5.12. The lowest BCUT2D eigenvalue weighted by Gasteiger charge is -2.10. The van der Waals surface area contributed by atoms with Crippen molar-refractivity contribution in [2.24, 2.45) is 5.73 Å². The second kappa shape index (κ2) is 5.18. The minimum atomic E-state index is -0.178.